The van der Waals surface area contributed by atoms with Crippen molar-refractivity contribution in [2.75, 3.05) is 6.54 Å². The van der Waals surface area contributed by atoms with Gasteiger partial charge in [-0.05, 0) is 36.9 Å². The van der Waals surface area contributed by atoms with E-state index in [-0.39, 0.29) is 25.8 Å². The molecule has 2 rings (SSSR count). The molecule has 0 radical (unpaired) electrons. The second kappa shape index (κ2) is 12.6. The number of carbonyl (C=O) groups is 3. The van der Waals surface area contributed by atoms with Crippen molar-refractivity contribution in [3.8, 4) is 0 Å². The zero-order valence-corrected chi connectivity index (χ0v) is 17.8. The topological polar surface area (TPSA) is 159 Å². The van der Waals surface area contributed by atoms with Gasteiger partial charge in [-0.2, -0.15) is 0 Å². The van der Waals surface area contributed by atoms with Crippen LogP contribution in [0.2, 0.25) is 0 Å². The van der Waals surface area contributed by atoms with E-state index in [4.69, 9.17) is 11.5 Å². The normalized spacial score (nSPS) is 13.7. The zero-order chi connectivity index (χ0) is 23.5. The number of aliphatic carboxylic acids is 2. The summed E-state index contributed by atoms with van der Waals surface area (Å²) in [6.45, 7) is 0.263. The Balaban J connectivity index is 2.33. The van der Waals surface area contributed by atoms with Gasteiger partial charge in [0, 0.05) is 6.42 Å². The van der Waals surface area contributed by atoms with Crippen molar-refractivity contribution in [2.45, 2.75) is 43.8 Å². The molecule has 0 aliphatic rings. The number of nitrogens with zero attached hydrogens (tertiary/aromatic N) is 1. The number of nitrogens with one attached hydrogen (secondary N) is 1. The molecule has 0 spiro atoms. The van der Waals surface area contributed by atoms with E-state index in [1.54, 1.807) is 30.3 Å². The SMILES string of the molecule is NCCC[C@H](NN(C(=O)[C@@H](N)Cc1ccccc1)[C@@H](Cc1ccccc1)C(=O)O)C(=O)O. The van der Waals surface area contributed by atoms with Crippen LogP contribution in [0.1, 0.15) is 24.0 Å². The Morgan fingerprint density at radius 2 is 1.41 bits per heavy atom. The minimum Gasteiger partial charge on any atom is -0.480 e. The summed E-state index contributed by atoms with van der Waals surface area (Å²) in [5.41, 5.74) is 15.8. The summed E-state index contributed by atoms with van der Waals surface area (Å²) in [4.78, 5) is 37.2. The van der Waals surface area contributed by atoms with Crippen molar-refractivity contribution in [2.24, 2.45) is 11.5 Å². The van der Waals surface area contributed by atoms with Crippen molar-refractivity contribution < 1.29 is 24.6 Å². The number of benzene rings is 2. The molecule has 3 atom stereocenters. The molecule has 0 saturated carbocycles. The second-order valence-electron chi connectivity index (χ2n) is 7.50. The average Bonchev–Trinajstić information content (AvgIpc) is 2.78. The van der Waals surface area contributed by atoms with Crippen LogP contribution in [0, 0.1) is 0 Å². The monoisotopic (exact) mass is 442 g/mol. The molecule has 0 heterocycles. The van der Waals surface area contributed by atoms with Crippen LogP contribution in [0.25, 0.3) is 0 Å². The third-order valence-electron chi connectivity index (χ3n) is 5.01. The molecule has 7 N–H and O–H groups in total. The van der Waals surface area contributed by atoms with E-state index < -0.39 is 36.0 Å². The Morgan fingerprint density at radius 3 is 1.88 bits per heavy atom. The Morgan fingerprint density at radius 1 is 0.875 bits per heavy atom. The molecule has 0 aliphatic carbocycles. The molecule has 0 fully saturated rings. The lowest BCUT2D eigenvalue weighted by atomic mass is 10.0. The van der Waals surface area contributed by atoms with Gasteiger partial charge in [0.1, 0.15) is 12.1 Å². The van der Waals surface area contributed by atoms with Crippen LogP contribution in [0.4, 0.5) is 0 Å². The highest BCUT2D eigenvalue weighted by Crippen LogP contribution is 2.13. The van der Waals surface area contributed by atoms with Gasteiger partial charge in [-0.1, -0.05) is 60.7 Å². The van der Waals surface area contributed by atoms with Crippen LogP contribution in [0.15, 0.2) is 60.7 Å². The van der Waals surface area contributed by atoms with E-state index in [9.17, 15) is 24.6 Å². The van der Waals surface area contributed by atoms with E-state index in [1.807, 2.05) is 30.3 Å². The third-order valence-corrected chi connectivity index (χ3v) is 5.01. The Hall–Kier alpha value is -3.27. The first kappa shape index (κ1) is 25.0. The van der Waals surface area contributed by atoms with Crippen molar-refractivity contribution in [3.05, 3.63) is 71.8 Å². The smallest absolute Gasteiger partial charge is 0.328 e. The number of carboxylic acids is 2. The van der Waals surface area contributed by atoms with Gasteiger partial charge >= 0.3 is 11.9 Å². The minimum atomic E-state index is -1.36. The number of rotatable bonds is 13. The predicted octanol–water partition coefficient (Wildman–Crippen LogP) is 0.778. The van der Waals surface area contributed by atoms with Gasteiger partial charge in [0.25, 0.3) is 5.91 Å². The fourth-order valence-electron chi connectivity index (χ4n) is 3.30. The molecule has 0 bridgehead atoms. The highest BCUT2D eigenvalue weighted by atomic mass is 16.4. The van der Waals surface area contributed by atoms with Gasteiger partial charge in [0.2, 0.25) is 0 Å². The van der Waals surface area contributed by atoms with Gasteiger partial charge in [0.05, 0.1) is 6.04 Å². The first-order valence-electron chi connectivity index (χ1n) is 10.4. The van der Waals surface area contributed by atoms with Crippen LogP contribution in [-0.4, -0.2) is 57.7 Å². The Kier molecular flexibility index (Phi) is 9.80. The third kappa shape index (κ3) is 7.45. The highest BCUT2D eigenvalue weighted by molar-refractivity contribution is 5.87. The van der Waals surface area contributed by atoms with Crippen LogP contribution in [-0.2, 0) is 27.2 Å². The van der Waals surface area contributed by atoms with Crippen LogP contribution in [0.5, 0.6) is 0 Å². The molecule has 0 saturated heterocycles. The molecular weight excluding hydrogens is 412 g/mol. The first-order chi connectivity index (χ1) is 15.3. The van der Waals surface area contributed by atoms with Crippen molar-refractivity contribution in [1.29, 1.82) is 0 Å². The first-order valence-corrected chi connectivity index (χ1v) is 10.4. The lowest BCUT2D eigenvalue weighted by Crippen LogP contribution is -2.62. The van der Waals surface area contributed by atoms with Gasteiger partial charge in [-0.3, -0.25) is 14.6 Å². The van der Waals surface area contributed by atoms with E-state index in [0.29, 0.717) is 12.0 Å². The van der Waals surface area contributed by atoms with Crippen LogP contribution < -0.4 is 16.9 Å². The number of amides is 1. The van der Waals surface area contributed by atoms with Gasteiger partial charge < -0.3 is 21.7 Å². The molecule has 9 heteroatoms. The van der Waals surface area contributed by atoms with Gasteiger partial charge in [0.15, 0.2) is 0 Å². The van der Waals surface area contributed by atoms with Crippen LogP contribution in [0.3, 0.4) is 0 Å². The van der Waals surface area contributed by atoms with E-state index in [2.05, 4.69) is 5.43 Å². The standard InChI is InChI=1S/C23H30N4O5/c24-13-7-12-19(22(29)30)26-27(20(23(31)32)15-17-10-5-2-6-11-17)21(28)18(25)14-16-8-3-1-4-9-16/h1-6,8-11,18-20,26H,7,12-15,24-25H2,(H,29,30)(H,31,32)/t18-,19-,20-/m0/s1. The summed E-state index contributed by atoms with van der Waals surface area (Å²) in [5.74, 6) is -3.18. The number of carbonyl (C=O) groups excluding carboxylic acids is 1. The second-order valence-corrected chi connectivity index (χ2v) is 7.50. The Bertz CT molecular complexity index is 878. The summed E-state index contributed by atoms with van der Waals surface area (Å²) < 4.78 is 0. The molecule has 0 aromatic heterocycles. The fourth-order valence-corrected chi connectivity index (χ4v) is 3.30. The molecule has 2 aromatic carbocycles. The zero-order valence-electron chi connectivity index (χ0n) is 17.8. The molecule has 172 valence electrons. The number of nitrogens with two attached hydrogens (primary N) is 2. The number of hydrazine groups is 1. The van der Waals surface area contributed by atoms with Crippen molar-refractivity contribution >= 4 is 17.8 Å². The summed E-state index contributed by atoms with van der Waals surface area (Å²) in [6, 6.07) is 14.3. The maximum atomic E-state index is 13.3. The van der Waals surface area contributed by atoms with Crippen LogP contribution >= 0.6 is 0 Å². The predicted molar refractivity (Wildman–Crippen MR) is 119 cm³/mol. The molecule has 9 nitrogen and oxygen atoms in total. The van der Waals surface area contributed by atoms with Gasteiger partial charge in [-0.25, -0.2) is 10.2 Å². The number of carboxylic acid groups (broad SMARTS) is 2. The Labute approximate surface area is 187 Å². The molecule has 0 unspecified atom stereocenters. The largest absolute Gasteiger partial charge is 0.480 e. The quantitative estimate of drug-likeness (QED) is 0.285. The van der Waals surface area contributed by atoms with E-state index >= 15 is 0 Å². The van der Waals surface area contributed by atoms with E-state index in [0.717, 1.165) is 10.6 Å². The number of hydrogen-bond acceptors (Lipinski definition) is 6. The van der Waals surface area contributed by atoms with Crippen molar-refractivity contribution in [3.63, 3.8) is 0 Å². The summed E-state index contributed by atoms with van der Waals surface area (Å²) in [7, 11) is 0. The molecule has 1 amide bonds. The summed E-state index contributed by atoms with van der Waals surface area (Å²) >= 11 is 0. The minimum absolute atomic E-state index is 0.0177. The van der Waals surface area contributed by atoms with Crippen molar-refractivity contribution in [1.82, 2.24) is 10.4 Å². The maximum absolute atomic E-state index is 13.3. The lowest BCUT2D eigenvalue weighted by molar-refractivity contribution is -0.157. The highest BCUT2D eigenvalue weighted by Gasteiger charge is 2.35. The van der Waals surface area contributed by atoms with Gasteiger partial charge in [-0.15, -0.1) is 0 Å². The molecule has 0 aliphatic heterocycles. The van der Waals surface area contributed by atoms with E-state index in [1.165, 1.54) is 0 Å². The molecule has 2 aromatic rings. The molecule has 32 heavy (non-hydrogen) atoms. The molecular formula is C23H30N4O5. The fraction of sp³-hybridized carbons (Fsp3) is 0.348. The lowest BCUT2D eigenvalue weighted by Gasteiger charge is -2.34. The average molecular weight is 443 g/mol. The summed E-state index contributed by atoms with van der Waals surface area (Å²) in [5, 5.41) is 20.4. The maximum Gasteiger partial charge on any atom is 0.328 e. The summed E-state index contributed by atoms with van der Waals surface area (Å²) in [6.07, 6.45) is 0.673. The number of hydrogen-bond donors (Lipinski definition) is 5.